The molecule has 0 fully saturated rings. The molecule has 0 saturated carbocycles. The van der Waals surface area contributed by atoms with E-state index >= 15 is 0 Å². The molecule has 0 aromatic carbocycles. The number of unbranched alkanes of at least 4 members (excludes halogenated alkanes) is 15. The number of hydrogen-bond acceptors (Lipinski definition) is 7. The zero-order valence-electron chi connectivity index (χ0n) is 31.4. The van der Waals surface area contributed by atoms with Gasteiger partial charge < -0.3 is 28.5 Å². The summed E-state index contributed by atoms with van der Waals surface area (Å²) in [5.41, 5.74) is 0. The van der Waals surface area contributed by atoms with Crippen molar-refractivity contribution in [1.29, 1.82) is 0 Å². The Hall–Kier alpha value is -2.23. The number of rotatable bonds is 34. The zero-order chi connectivity index (χ0) is 35.7. The van der Waals surface area contributed by atoms with Crippen LogP contribution in [0.3, 0.4) is 0 Å². The topological polar surface area (TPSA) is 108 Å². The normalized spacial score (nSPS) is 13.3. The fourth-order valence-corrected chi connectivity index (χ4v) is 4.89. The molecule has 0 spiro atoms. The minimum atomic E-state index is -1.51. The number of hydrogen-bond donors (Lipinski definition) is 1. The van der Waals surface area contributed by atoms with E-state index in [4.69, 9.17) is 18.9 Å². The average molecular weight is 683 g/mol. The van der Waals surface area contributed by atoms with Crippen LogP contribution in [0.25, 0.3) is 0 Å². The second kappa shape index (κ2) is 32.0. The van der Waals surface area contributed by atoms with Crippen molar-refractivity contribution >= 4 is 17.9 Å². The van der Waals surface area contributed by atoms with Crippen LogP contribution in [0.2, 0.25) is 0 Å². The maximum Gasteiger partial charge on any atom is 0.361 e. The molecule has 9 nitrogen and oxygen atoms in total. The number of carboxylic acid groups (broad SMARTS) is 1. The summed E-state index contributed by atoms with van der Waals surface area (Å²) in [5.74, 6) is -2.04. The van der Waals surface area contributed by atoms with E-state index in [1.165, 1.54) is 38.5 Å². The summed E-state index contributed by atoms with van der Waals surface area (Å²) in [6.07, 6.45) is 28.1. The van der Waals surface area contributed by atoms with Gasteiger partial charge in [-0.15, -0.1) is 0 Å². The molecule has 0 aliphatic heterocycles. The highest BCUT2D eigenvalue weighted by molar-refractivity contribution is 5.71. The highest BCUT2D eigenvalue weighted by Crippen LogP contribution is 2.12. The predicted octanol–water partition coefficient (Wildman–Crippen LogP) is 8.94. The lowest BCUT2D eigenvalue weighted by molar-refractivity contribution is -0.870. The van der Waals surface area contributed by atoms with Gasteiger partial charge in [-0.05, 0) is 57.8 Å². The first-order chi connectivity index (χ1) is 23.1. The van der Waals surface area contributed by atoms with Crippen LogP contribution < -0.4 is 0 Å². The van der Waals surface area contributed by atoms with Crippen LogP contribution >= 0.6 is 0 Å². The largest absolute Gasteiger partial charge is 0.477 e. The first kappa shape index (κ1) is 45.8. The highest BCUT2D eigenvalue weighted by atomic mass is 16.7. The van der Waals surface area contributed by atoms with Gasteiger partial charge >= 0.3 is 17.9 Å². The van der Waals surface area contributed by atoms with Gasteiger partial charge in [0.15, 0.2) is 6.10 Å². The van der Waals surface area contributed by atoms with E-state index in [0.717, 1.165) is 77.0 Å². The van der Waals surface area contributed by atoms with E-state index in [9.17, 15) is 19.5 Å². The van der Waals surface area contributed by atoms with Gasteiger partial charge in [0.05, 0.1) is 34.4 Å². The van der Waals surface area contributed by atoms with Crippen LogP contribution in [0.1, 0.15) is 149 Å². The maximum atomic E-state index is 12.6. The maximum absolute atomic E-state index is 12.6. The Morgan fingerprint density at radius 2 is 1.10 bits per heavy atom. The molecule has 2 atom stereocenters. The Kier molecular flexibility index (Phi) is 30.5. The van der Waals surface area contributed by atoms with Gasteiger partial charge in [-0.25, -0.2) is 4.79 Å². The van der Waals surface area contributed by atoms with Crippen molar-refractivity contribution in [2.24, 2.45) is 0 Å². The van der Waals surface area contributed by atoms with E-state index in [-0.39, 0.29) is 32.2 Å². The monoisotopic (exact) mass is 683 g/mol. The van der Waals surface area contributed by atoms with E-state index in [1.807, 2.05) is 21.1 Å². The number of carbonyl (C=O) groups excluding carboxylic acids is 2. The van der Waals surface area contributed by atoms with Crippen molar-refractivity contribution in [2.75, 3.05) is 47.5 Å². The third-order valence-electron chi connectivity index (χ3n) is 7.91. The molecule has 0 rings (SSSR count). The van der Waals surface area contributed by atoms with Gasteiger partial charge in [0, 0.05) is 12.8 Å². The van der Waals surface area contributed by atoms with Crippen molar-refractivity contribution in [1.82, 2.24) is 0 Å². The van der Waals surface area contributed by atoms with Gasteiger partial charge in [-0.1, -0.05) is 102 Å². The molecule has 0 aliphatic rings. The van der Waals surface area contributed by atoms with Crippen LogP contribution in [0.4, 0.5) is 0 Å². The number of quaternary nitrogens is 1. The molecule has 0 radical (unpaired) electrons. The SMILES string of the molecule is CCC/C=C\CCCCCCCC(=O)OCC(COC(OCC[N+](C)(C)C)C(=O)O)OC(=O)CCCCCCC/C=C\CCCCCC. The van der Waals surface area contributed by atoms with Crippen molar-refractivity contribution in [3.05, 3.63) is 24.3 Å². The molecule has 0 saturated heterocycles. The van der Waals surface area contributed by atoms with Crippen LogP contribution in [0.15, 0.2) is 24.3 Å². The fraction of sp³-hybridized carbons (Fsp3) is 0.821. The number of likely N-dealkylation sites (N-methyl/N-ethyl adjacent to an activating group) is 1. The molecule has 0 aromatic heterocycles. The molecular formula is C39H72NO8+. The van der Waals surface area contributed by atoms with E-state index in [1.54, 1.807) is 0 Å². The Bertz CT molecular complexity index is 851. The van der Waals surface area contributed by atoms with E-state index in [2.05, 4.69) is 38.2 Å². The summed E-state index contributed by atoms with van der Waals surface area (Å²) >= 11 is 0. The standard InChI is InChI=1S/C39H71NO8/c1-6-8-10-12-14-16-18-19-20-22-24-26-28-30-37(42)48-35(34-47-39(38(43)44)45-32-31-40(3,4)5)33-46-36(41)29-27-25-23-21-17-15-13-11-9-7-2/h11,13,16,18,35,39H,6-10,12,14-15,17,19-34H2,1-5H3/p+1/b13-11-,18-16-. The zero-order valence-corrected chi connectivity index (χ0v) is 31.4. The molecular weight excluding hydrogens is 610 g/mol. The van der Waals surface area contributed by atoms with Gasteiger partial charge in [-0.2, -0.15) is 0 Å². The summed E-state index contributed by atoms with van der Waals surface area (Å²) in [5, 5.41) is 9.57. The van der Waals surface area contributed by atoms with Crippen LogP contribution in [0.5, 0.6) is 0 Å². The quantitative estimate of drug-likeness (QED) is 0.0236. The minimum Gasteiger partial charge on any atom is -0.477 e. The van der Waals surface area contributed by atoms with Gasteiger partial charge in [0.1, 0.15) is 13.2 Å². The van der Waals surface area contributed by atoms with Crippen molar-refractivity contribution in [3.8, 4) is 0 Å². The lowest BCUT2D eigenvalue weighted by Crippen LogP contribution is -2.40. The summed E-state index contributed by atoms with van der Waals surface area (Å²) < 4.78 is 22.6. The van der Waals surface area contributed by atoms with Gasteiger partial charge in [0.25, 0.3) is 6.29 Å². The molecule has 2 unspecified atom stereocenters. The van der Waals surface area contributed by atoms with Gasteiger partial charge in [0.2, 0.25) is 0 Å². The molecule has 280 valence electrons. The average Bonchev–Trinajstić information content (AvgIpc) is 3.03. The molecule has 0 aromatic rings. The van der Waals surface area contributed by atoms with E-state index in [0.29, 0.717) is 23.9 Å². The number of allylic oxidation sites excluding steroid dienone is 4. The number of carbonyl (C=O) groups is 3. The third-order valence-corrected chi connectivity index (χ3v) is 7.91. The molecule has 0 bridgehead atoms. The number of nitrogens with zero attached hydrogens (tertiary/aromatic N) is 1. The predicted molar refractivity (Wildman–Crippen MR) is 194 cm³/mol. The number of aliphatic carboxylic acids is 1. The number of carboxylic acids is 1. The molecule has 1 N–H and O–H groups in total. The van der Waals surface area contributed by atoms with Crippen LogP contribution in [-0.4, -0.2) is 87.4 Å². The Morgan fingerprint density at radius 3 is 1.62 bits per heavy atom. The fourth-order valence-electron chi connectivity index (χ4n) is 4.89. The molecule has 48 heavy (non-hydrogen) atoms. The molecule has 9 heteroatoms. The minimum absolute atomic E-state index is 0.185. The summed E-state index contributed by atoms with van der Waals surface area (Å²) in [6.45, 7) is 4.74. The first-order valence-corrected chi connectivity index (χ1v) is 19.0. The summed E-state index contributed by atoms with van der Waals surface area (Å²) in [7, 11) is 5.93. The molecule has 0 heterocycles. The Morgan fingerprint density at radius 1 is 0.604 bits per heavy atom. The lowest BCUT2D eigenvalue weighted by atomic mass is 10.1. The van der Waals surface area contributed by atoms with E-state index < -0.39 is 24.3 Å². The van der Waals surface area contributed by atoms with Crippen molar-refractivity contribution in [2.45, 2.75) is 161 Å². The second-order valence-corrected chi connectivity index (χ2v) is 13.9. The third kappa shape index (κ3) is 32.3. The Balaban J connectivity index is 4.57. The Labute approximate surface area is 293 Å². The van der Waals surface area contributed by atoms with Crippen molar-refractivity contribution < 1.29 is 42.9 Å². The van der Waals surface area contributed by atoms with Gasteiger partial charge in [-0.3, -0.25) is 9.59 Å². The number of ether oxygens (including phenoxy) is 4. The second-order valence-electron chi connectivity index (χ2n) is 13.9. The van der Waals surface area contributed by atoms with Crippen molar-refractivity contribution in [3.63, 3.8) is 0 Å². The molecule has 0 amide bonds. The summed E-state index contributed by atoms with van der Waals surface area (Å²) in [6, 6.07) is 0. The highest BCUT2D eigenvalue weighted by Gasteiger charge is 2.25. The van der Waals surface area contributed by atoms with Crippen LogP contribution in [0, 0.1) is 0 Å². The lowest BCUT2D eigenvalue weighted by Gasteiger charge is -2.25. The first-order valence-electron chi connectivity index (χ1n) is 19.0. The summed E-state index contributed by atoms with van der Waals surface area (Å²) in [4.78, 5) is 36.8. The smallest absolute Gasteiger partial charge is 0.361 e. The number of esters is 2. The molecule has 0 aliphatic carbocycles. The van der Waals surface area contributed by atoms with Crippen LogP contribution in [-0.2, 0) is 33.3 Å².